The van der Waals surface area contributed by atoms with E-state index < -0.39 is 0 Å². The summed E-state index contributed by atoms with van der Waals surface area (Å²) in [5, 5.41) is 3.19. The Morgan fingerprint density at radius 2 is 1.82 bits per heavy atom. The van der Waals surface area contributed by atoms with Crippen molar-refractivity contribution in [3.63, 3.8) is 0 Å². The first-order chi connectivity index (χ1) is 13.7. The van der Waals surface area contributed by atoms with Gasteiger partial charge in [0.05, 0.1) is 7.11 Å². The fourth-order valence-electron chi connectivity index (χ4n) is 2.86. The van der Waals surface area contributed by atoms with Gasteiger partial charge in [-0.05, 0) is 49.2 Å². The van der Waals surface area contributed by atoms with Gasteiger partial charge in [-0.2, -0.15) is 0 Å². The number of hydrogen-bond acceptors (Lipinski definition) is 5. The smallest absolute Gasteiger partial charge is 0.277 e. The average Bonchev–Trinajstić information content (AvgIpc) is 2.76. The normalized spacial score (nSPS) is 10.4. The van der Waals surface area contributed by atoms with Crippen molar-refractivity contribution in [2.24, 2.45) is 0 Å². The maximum Gasteiger partial charge on any atom is 0.277 e. The average molecular weight is 376 g/mol. The third kappa shape index (κ3) is 4.85. The Bertz CT molecular complexity index is 898. The summed E-state index contributed by atoms with van der Waals surface area (Å²) in [6.45, 7) is 3.17. The highest BCUT2D eigenvalue weighted by Crippen LogP contribution is 2.16. The number of nitrogens with zero attached hydrogens (tertiary/aromatic N) is 3. The molecule has 0 atom stereocenters. The van der Waals surface area contributed by atoms with Crippen LogP contribution in [-0.2, 0) is 6.42 Å². The summed E-state index contributed by atoms with van der Waals surface area (Å²) < 4.78 is 5.17. The molecule has 3 rings (SSSR count). The number of benzene rings is 2. The molecule has 0 saturated heterocycles. The zero-order valence-corrected chi connectivity index (χ0v) is 16.1. The van der Waals surface area contributed by atoms with Crippen molar-refractivity contribution in [3.05, 3.63) is 78.1 Å². The second-order valence-corrected chi connectivity index (χ2v) is 6.18. The topological polar surface area (TPSA) is 67.4 Å². The molecule has 1 N–H and O–H groups in total. The van der Waals surface area contributed by atoms with Gasteiger partial charge < -0.3 is 15.0 Å². The standard InChI is InChI=1S/C22H24N4O2/c1-3-26(18-7-5-4-6-8-18)21(27)20-14-16-24-22(25-20)23-15-13-17-9-11-19(28-2)12-10-17/h4-12,14,16H,3,13,15H2,1-2H3,(H,23,24,25). The molecular weight excluding hydrogens is 352 g/mol. The highest BCUT2D eigenvalue weighted by atomic mass is 16.5. The monoisotopic (exact) mass is 376 g/mol. The van der Waals surface area contributed by atoms with E-state index in [0.29, 0.717) is 24.7 Å². The van der Waals surface area contributed by atoms with Gasteiger partial charge in [0.25, 0.3) is 5.91 Å². The van der Waals surface area contributed by atoms with E-state index >= 15 is 0 Å². The van der Waals surface area contributed by atoms with E-state index in [1.165, 1.54) is 5.56 Å². The predicted molar refractivity (Wildman–Crippen MR) is 111 cm³/mol. The van der Waals surface area contributed by atoms with E-state index in [1.54, 1.807) is 24.3 Å². The van der Waals surface area contributed by atoms with Crippen molar-refractivity contribution in [1.82, 2.24) is 9.97 Å². The second-order valence-electron chi connectivity index (χ2n) is 6.18. The van der Waals surface area contributed by atoms with Crippen LogP contribution < -0.4 is 15.0 Å². The lowest BCUT2D eigenvalue weighted by atomic mass is 10.1. The summed E-state index contributed by atoms with van der Waals surface area (Å²) in [4.78, 5) is 23.2. The number of carbonyl (C=O) groups excluding carboxylic acids is 1. The minimum Gasteiger partial charge on any atom is -0.497 e. The molecule has 2 aromatic carbocycles. The molecule has 0 aliphatic heterocycles. The fraction of sp³-hybridized carbons (Fsp3) is 0.227. The molecule has 28 heavy (non-hydrogen) atoms. The van der Waals surface area contributed by atoms with Crippen molar-refractivity contribution < 1.29 is 9.53 Å². The summed E-state index contributed by atoms with van der Waals surface area (Å²) in [5.41, 5.74) is 2.40. The SMILES string of the molecule is CCN(C(=O)c1ccnc(NCCc2ccc(OC)cc2)n1)c1ccccc1. The minimum absolute atomic E-state index is 0.144. The molecule has 1 amide bonds. The number of methoxy groups -OCH3 is 1. The molecule has 3 aromatic rings. The molecule has 0 radical (unpaired) electrons. The minimum atomic E-state index is -0.144. The zero-order valence-electron chi connectivity index (χ0n) is 16.1. The van der Waals surface area contributed by atoms with Crippen LogP contribution in [0.2, 0.25) is 0 Å². The third-order valence-electron chi connectivity index (χ3n) is 4.36. The van der Waals surface area contributed by atoms with E-state index in [2.05, 4.69) is 15.3 Å². The number of amides is 1. The molecule has 0 fully saturated rings. The highest BCUT2D eigenvalue weighted by molar-refractivity contribution is 6.04. The van der Waals surface area contributed by atoms with Gasteiger partial charge in [0.15, 0.2) is 0 Å². The lowest BCUT2D eigenvalue weighted by Gasteiger charge is -2.20. The van der Waals surface area contributed by atoms with E-state index in [9.17, 15) is 4.79 Å². The fourth-order valence-corrected chi connectivity index (χ4v) is 2.86. The first kappa shape index (κ1) is 19.4. The molecule has 0 bridgehead atoms. The van der Waals surface area contributed by atoms with Crippen molar-refractivity contribution >= 4 is 17.5 Å². The van der Waals surface area contributed by atoms with Crippen LogP contribution in [0.3, 0.4) is 0 Å². The Labute approximate surface area is 165 Å². The van der Waals surface area contributed by atoms with Crippen LogP contribution in [-0.4, -0.2) is 36.1 Å². The van der Waals surface area contributed by atoms with Gasteiger partial charge in [0, 0.05) is 25.0 Å². The number of aromatic nitrogens is 2. The van der Waals surface area contributed by atoms with Gasteiger partial charge in [-0.1, -0.05) is 30.3 Å². The molecule has 1 heterocycles. The van der Waals surface area contributed by atoms with Gasteiger partial charge in [-0.3, -0.25) is 4.79 Å². The summed E-state index contributed by atoms with van der Waals surface area (Å²) in [6.07, 6.45) is 2.42. The number of rotatable bonds is 8. The molecular formula is C22H24N4O2. The van der Waals surface area contributed by atoms with E-state index in [0.717, 1.165) is 17.9 Å². The Hall–Kier alpha value is -3.41. The Kier molecular flexibility index (Phi) is 6.57. The molecule has 0 spiro atoms. The van der Waals surface area contributed by atoms with Crippen LogP contribution >= 0.6 is 0 Å². The maximum atomic E-state index is 12.9. The number of hydrogen-bond donors (Lipinski definition) is 1. The zero-order chi connectivity index (χ0) is 19.8. The lowest BCUT2D eigenvalue weighted by Crippen LogP contribution is -2.31. The van der Waals surface area contributed by atoms with Gasteiger partial charge in [0.1, 0.15) is 11.4 Å². The molecule has 1 aromatic heterocycles. The largest absolute Gasteiger partial charge is 0.497 e. The van der Waals surface area contributed by atoms with Crippen LogP contribution in [0.15, 0.2) is 66.9 Å². The summed E-state index contributed by atoms with van der Waals surface area (Å²) >= 11 is 0. The van der Waals surface area contributed by atoms with Gasteiger partial charge >= 0.3 is 0 Å². The van der Waals surface area contributed by atoms with Crippen molar-refractivity contribution in [1.29, 1.82) is 0 Å². The second kappa shape index (κ2) is 9.50. The molecule has 6 nitrogen and oxygen atoms in total. The summed E-state index contributed by atoms with van der Waals surface area (Å²) in [7, 11) is 1.65. The van der Waals surface area contributed by atoms with E-state index in [1.807, 2.05) is 61.5 Å². The van der Waals surface area contributed by atoms with Gasteiger partial charge in [-0.25, -0.2) is 9.97 Å². The number of anilines is 2. The van der Waals surface area contributed by atoms with Crippen LogP contribution in [0.1, 0.15) is 23.0 Å². The predicted octanol–water partition coefficient (Wildman–Crippen LogP) is 3.81. The molecule has 0 aliphatic carbocycles. The van der Waals surface area contributed by atoms with E-state index in [4.69, 9.17) is 4.74 Å². The van der Waals surface area contributed by atoms with Crippen molar-refractivity contribution in [2.45, 2.75) is 13.3 Å². The Balaban J connectivity index is 1.63. The quantitative estimate of drug-likeness (QED) is 0.648. The number of ether oxygens (including phenoxy) is 1. The first-order valence-corrected chi connectivity index (χ1v) is 9.28. The maximum absolute atomic E-state index is 12.9. The van der Waals surface area contributed by atoms with Crippen LogP contribution in [0, 0.1) is 0 Å². The van der Waals surface area contributed by atoms with Crippen molar-refractivity contribution in [3.8, 4) is 5.75 Å². The third-order valence-corrected chi connectivity index (χ3v) is 4.36. The van der Waals surface area contributed by atoms with Crippen molar-refractivity contribution in [2.75, 3.05) is 30.4 Å². The van der Waals surface area contributed by atoms with Crippen LogP contribution in [0.25, 0.3) is 0 Å². The van der Waals surface area contributed by atoms with Crippen LogP contribution in [0.5, 0.6) is 5.75 Å². The molecule has 144 valence electrons. The molecule has 0 unspecified atom stereocenters. The molecule has 6 heteroatoms. The van der Waals surface area contributed by atoms with Gasteiger partial charge in [0.2, 0.25) is 5.95 Å². The number of carbonyl (C=O) groups is 1. The summed E-state index contributed by atoms with van der Waals surface area (Å²) in [5.74, 6) is 1.14. The number of para-hydroxylation sites is 1. The lowest BCUT2D eigenvalue weighted by molar-refractivity contribution is 0.0983. The summed E-state index contributed by atoms with van der Waals surface area (Å²) in [6, 6.07) is 19.2. The Morgan fingerprint density at radius 1 is 1.07 bits per heavy atom. The molecule has 0 aliphatic rings. The Morgan fingerprint density at radius 3 is 2.50 bits per heavy atom. The number of nitrogens with one attached hydrogen (secondary N) is 1. The van der Waals surface area contributed by atoms with E-state index in [-0.39, 0.29) is 5.91 Å². The molecule has 0 saturated carbocycles. The van der Waals surface area contributed by atoms with Gasteiger partial charge in [-0.15, -0.1) is 0 Å². The van der Waals surface area contributed by atoms with Crippen LogP contribution in [0.4, 0.5) is 11.6 Å². The highest BCUT2D eigenvalue weighted by Gasteiger charge is 2.17. The first-order valence-electron chi connectivity index (χ1n) is 9.28.